The monoisotopic (exact) mass is 344 g/mol. The van der Waals surface area contributed by atoms with Crippen LogP contribution in [0.2, 0.25) is 0 Å². The summed E-state index contributed by atoms with van der Waals surface area (Å²) >= 11 is 0. The van der Waals surface area contributed by atoms with Crippen LogP contribution in [-0.4, -0.2) is 25.3 Å². The normalized spacial score (nSPS) is 13.2. The maximum Gasteiger partial charge on any atom is 0.405 e. The van der Waals surface area contributed by atoms with E-state index in [9.17, 15) is 14.8 Å². The average molecular weight is 344 g/mol. The molecule has 0 fully saturated rings. The van der Waals surface area contributed by atoms with Crippen molar-refractivity contribution in [1.29, 1.82) is 0 Å². The van der Waals surface area contributed by atoms with Gasteiger partial charge in [0.1, 0.15) is 0 Å². The first-order chi connectivity index (χ1) is 12.0. The van der Waals surface area contributed by atoms with Gasteiger partial charge in [0.05, 0.1) is 6.04 Å². The molecule has 8 heteroatoms. The van der Waals surface area contributed by atoms with Crippen LogP contribution in [-0.2, 0) is 9.53 Å². The first-order valence-electron chi connectivity index (χ1n) is 7.59. The molecule has 0 unspecified atom stereocenters. The Balaban J connectivity index is 1.54. The molecule has 0 aliphatic carbocycles. The molecule has 2 heterocycles. The van der Waals surface area contributed by atoms with Crippen LogP contribution in [0.3, 0.4) is 0 Å². The van der Waals surface area contributed by atoms with E-state index in [1.807, 2.05) is 6.07 Å². The summed E-state index contributed by atoms with van der Waals surface area (Å²) in [4.78, 5) is 23.8. The third-order valence-corrected chi connectivity index (χ3v) is 3.64. The lowest BCUT2D eigenvalue weighted by atomic mass is 10.1. The molecule has 1 atom stereocenters. The zero-order chi connectivity index (χ0) is 17.8. The number of esters is 1. The van der Waals surface area contributed by atoms with E-state index in [1.54, 1.807) is 19.1 Å². The van der Waals surface area contributed by atoms with E-state index in [0.29, 0.717) is 16.2 Å². The summed E-state index contributed by atoms with van der Waals surface area (Å²) in [6.07, 6.45) is 1.18. The Morgan fingerprint density at radius 2 is 2.08 bits per heavy atom. The minimum atomic E-state index is -0.860. The lowest BCUT2D eigenvalue weighted by Gasteiger charge is -2.14. The number of aromatic nitrogens is 1. The smallest absolute Gasteiger partial charge is 0.405 e. The van der Waals surface area contributed by atoms with Gasteiger partial charge < -0.3 is 24.7 Å². The number of nitrogens with one attached hydrogen (secondary N) is 1. The van der Waals surface area contributed by atoms with E-state index in [0.717, 1.165) is 5.56 Å². The number of nitrogens with zero attached hydrogens (tertiary/aromatic N) is 1. The second-order valence-electron chi connectivity index (χ2n) is 5.39. The largest absolute Gasteiger partial charge is 0.618 e. The second kappa shape index (κ2) is 7.08. The van der Waals surface area contributed by atoms with Gasteiger partial charge in [-0.2, -0.15) is 4.73 Å². The predicted octanol–water partition coefficient (Wildman–Crippen LogP) is 1.08. The number of benzene rings is 1. The van der Waals surface area contributed by atoms with Crippen molar-refractivity contribution < 1.29 is 28.5 Å². The highest BCUT2D eigenvalue weighted by Crippen LogP contribution is 2.34. The number of pyridine rings is 1. The van der Waals surface area contributed by atoms with Gasteiger partial charge >= 0.3 is 11.7 Å². The maximum absolute atomic E-state index is 12.0. The van der Waals surface area contributed by atoms with Gasteiger partial charge in [-0.15, -0.1) is 0 Å². The van der Waals surface area contributed by atoms with Crippen molar-refractivity contribution in [3.05, 3.63) is 59.1 Å². The fraction of sp³-hybridized carbons (Fsp3) is 0.235. The standard InChI is InChI=1S/C17H16N2O6/c1-11(12-5-6-14-15(8-12)25-10-24-14)18-16(20)9-23-17(21)13-4-2-3-7-19(13)22/h2-8,11H,9-10H2,1H3,(H,18,20)/t11-/m0/s1. The van der Waals surface area contributed by atoms with E-state index in [-0.39, 0.29) is 18.5 Å². The number of carbonyl (C=O) groups excluding carboxylic acids is 2. The Bertz CT molecular complexity index is 807. The molecule has 2 aromatic rings. The summed E-state index contributed by atoms with van der Waals surface area (Å²) in [6, 6.07) is 9.39. The summed E-state index contributed by atoms with van der Waals surface area (Å²) in [7, 11) is 0. The van der Waals surface area contributed by atoms with Crippen LogP contribution in [0, 0.1) is 5.21 Å². The van der Waals surface area contributed by atoms with Gasteiger partial charge in [0, 0.05) is 12.1 Å². The first kappa shape index (κ1) is 16.6. The molecule has 0 saturated carbocycles. The molecule has 8 nitrogen and oxygen atoms in total. The van der Waals surface area contributed by atoms with Crippen LogP contribution >= 0.6 is 0 Å². The molecule has 0 radical (unpaired) electrons. The van der Waals surface area contributed by atoms with Gasteiger partial charge in [-0.3, -0.25) is 4.79 Å². The van der Waals surface area contributed by atoms with Gasteiger partial charge in [-0.1, -0.05) is 6.07 Å². The molecule has 1 aliphatic heterocycles. The van der Waals surface area contributed by atoms with Crippen molar-refractivity contribution in [3.8, 4) is 11.5 Å². The topological polar surface area (TPSA) is 101 Å². The highest BCUT2D eigenvalue weighted by atomic mass is 16.7. The van der Waals surface area contributed by atoms with Gasteiger partial charge in [0.2, 0.25) is 6.79 Å². The van der Waals surface area contributed by atoms with E-state index in [1.165, 1.54) is 24.4 Å². The number of hydrogen-bond donors (Lipinski definition) is 1. The minimum absolute atomic E-state index is 0.175. The zero-order valence-corrected chi connectivity index (χ0v) is 13.4. The Kier molecular flexibility index (Phi) is 4.69. The molecule has 1 aromatic heterocycles. The number of carbonyl (C=O) groups is 2. The highest BCUT2D eigenvalue weighted by molar-refractivity contribution is 5.88. The predicted molar refractivity (Wildman–Crippen MR) is 84.8 cm³/mol. The van der Waals surface area contributed by atoms with Crippen LogP contribution < -0.4 is 19.5 Å². The minimum Gasteiger partial charge on any atom is -0.618 e. The van der Waals surface area contributed by atoms with Gasteiger partial charge in [-0.05, 0) is 30.7 Å². The average Bonchev–Trinajstić information content (AvgIpc) is 3.07. The lowest BCUT2D eigenvalue weighted by Crippen LogP contribution is -2.36. The summed E-state index contributed by atoms with van der Waals surface area (Å²) in [5.74, 6) is -0.0625. The molecule has 130 valence electrons. The number of ether oxygens (including phenoxy) is 3. The molecule has 1 amide bonds. The highest BCUT2D eigenvalue weighted by Gasteiger charge is 2.20. The number of rotatable bonds is 5. The van der Waals surface area contributed by atoms with Crippen LogP contribution in [0.5, 0.6) is 11.5 Å². The zero-order valence-electron chi connectivity index (χ0n) is 13.4. The molecular weight excluding hydrogens is 328 g/mol. The van der Waals surface area contributed by atoms with Crippen LogP contribution in [0.4, 0.5) is 0 Å². The maximum atomic E-state index is 12.0. The molecule has 3 rings (SSSR count). The molecule has 0 saturated heterocycles. The van der Waals surface area contributed by atoms with Crippen LogP contribution in [0.15, 0.2) is 42.6 Å². The Morgan fingerprint density at radius 1 is 1.28 bits per heavy atom. The SMILES string of the molecule is C[C@H](NC(=O)COC(=O)c1cccc[n+]1[O-])c1ccc2c(c1)OCO2. The summed E-state index contributed by atoms with van der Waals surface area (Å²) < 4.78 is 15.8. The van der Waals surface area contributed by atoms with Crippen molar-refractivity contribution in [3.63, 3.8) is 0 Å². The third kappa shape index (κ3) is 3.79. The van der Waals surface area contributed by atoms with Gasteiger partial charge in [0.25, 0.3) is 5.91 Å². The van der Waals surface area contributed by atoms with Crippen molar-refractivity contribution in [2.45, 2.75) is 13.0 Å². The summed E-state index contributed by atoms with van der Waals surface area (Å²) in [5, 5.41) is 14.2. The number of fused-ring (bicyclic) bond motifs is 1. The Hall–Kier alpha value is -3.29. The molecule has 1 N–H and O–H groups in total. The fourth-order valence-corrected chi connectivity index (χ4v) is 2.34. The van der Waals surface area contributed by atoms with Crippen molar-refractivity contribution in [2.75, 3.05) is 13.4 Å². The van der Waals surface area contributed by atoms with Crippen molar-refractivity contribution in [1.82, 2.24) is 5.32 Å². The molecule has 1 aliphatic rings. The summed E-state index contributed by atoms with van der Waals surface area (Å²) in [6.45, 7) is 1.48. The molecule has 0 spiro atoms. The second-order valence-corrected chi connectivity index (χ2v) is 5.39. The fourth-order valence-electron chi connectivity index (χ4n) is 2.34. The van der Waals surface area contributed by atoms with Crippen LogP contribution in [0.1, 0.15) is 29.0 Å². The van der Waals surface area contributed by atoms with Crippen LogP contribution in [0.25, 0.3) is 0 Å². The third-order valence-electron chi connectivity index (χ3n) is 3.64. The molecule has 1 aromatic carbocycles. The lowest BCUT2D eigenvalue weighted by molar-refractivity contribution is -0.608. The Morgan fingerprint density at radius 3 is 2.88 bits per heavy atom. The van der Waals surface area contributed by atoms with E-state index in [2.05, 4.69) is 5.32 Å². The number of amides is 1. The number of hydrogen-bond acceptors (Lipinski definition) is 6. The molecule has 25 heavy (non-hydrogen) atoms. The quantitative estimate of drug-likeness (QED) is 0.495. The molecular formula is C17H16N2O6. The Labute approximate surface area is 143 Å². The summed E-state index contributed by atoms with van der Waals surface area (Å²) in [5.41, 5.74) is 0.642. The van der Waals surface area contributed by atoms with E-state index in [4.69, 9.17) is 14.2 Å². The van der Waals surface area contributed by atoms with E-state index < -0.39 is 18.5 Å². The van der Waals surface area contributed by atoms with E-state index >= 15 is 0 Å². The van der Waals surface area contributed by atoms with Gasteiger partial charge in [0.15, 0.2) is 24.3 Å². The van der Waals surface area contributed by atoms with Crippen molar-refractivity contribution in [2.24, 2.45) is 0 Å². The van der Waals surface area contributed by atoms with Crippen molar-refractivity contribution >= 4 is 11.9 Å². The molecule has 0 bridgehead atoms. The van der Waals surface area contributed by atoms with Gasteiger partial charge in [-0.25, -0.2) is 4.79 Å². The first-order valence-corrected chi connectivity index (χ1v) is 7.59.